The van der Waals surface area contributed by atoms with E-state index in [1.165, 1.54) is 19.4 Å². The molecule has 3 N–H and O–H groups in total. The topological polar surface area (TPSA) is 182 Å². The van der Waals surface area contributed by atoms with E-state index in [1.54, 1.807) is 25.1 Å². The smallest absolute Gasteiger partial charge is 0.427 e. The van der Waals surface area contributed by atoms with Crippen LogP contribution in [-0.4, -0.2) is 103 Å². The standard InChI is InChI=1S/C39H48F5N5O9S/c1-21-8-6-7-9-24-18-38(24,34(52)48-59(54,55)37(20-40)11-12-37)47-31(50)28-16-25(57-32-26-17-27(41)29(56-5)15-23(26)10-13-45-32)19-49(28)33(51)30(22(2)14-21)46-35(53)58-36(3,4)39(42,43)44/h7,9-10,13,15,17,21-22,24-25,28,30H,6,8,11-12,14,16,18-20H2,1-5H3,(H,46,53)(H,47,50)(H,48,52)/b9-7-/t21-,22+,24+,25+,28-,30-,38+/m0/s1. The van der Waals surface area contributed by atoms with Crippen molar-refractivity contribution in [3.63, 3.8) is 0 Å². The number of allylic oxidation sites excluding steroid dienone is 1. The van der Waals surface area contributed by atoms with Crippen molar-refractivity contribution in [3.05, 3.63) is 42.4 Å². The molecular formula is C39H48F5N5O9S. The van der Waals surface area contributed by atoms with Crippen molar-refractivity contribution in [2.24, 2.45) is 17.8 Å². The maximum absolute atomic E-state index is 14.9. The number of pyridine rings is 1. The van der Waals surface area contributed by atoms with Gasteiger partial charge < -0.3 is 29.7 Å². The fourth-order valence-corrected chi connectivity index (χ4v) is 9.18. The van der Waals surface area contributed by atoms with Crippen LogP contribution in [0.4, 0.5) is 26.7 Å². The van der Waals surface area contributed by atoms with Crippen LogP contribution in [0.1, 0.15) is 72.6 Å². The first-order chi connectivity index (χ1) is 27.6. The number of ether oxygens (including phenoxy) is 3. The largest absolute Gasteiger partial charge is 0.494 e. The van der Waals surface area contributed by atoms with Crippen molar-refractivity contribution in [2.45, 2.75) is 113 Å². The van der Waals surface area contributed by atoms with Crippen LogP contribution in [0.3, 0.4) is 0 Å². The van der Waals surface area contributed by atoms with Crippen molar-refractivity contribution < 1.29 is 63.8 Å². The highest BCUT2D eigenvalue weighted by atomic mass is 32.2. The Labute approximate surface area is 338 Å². The van der Waals surface area contributed by atoms with Crippen LogP contribution >= 0.6 is 0 Å². The number of fused-ring (bicyclic) bond motifs is 3. The zero-order chi connectivity index (χ0) is 43.3. The highest BCUT2D eigenvalue weighted by Crippen LogP contribution is 2.48. The van der Waals surface area contributed by atoms with Crippen LogP contribution in [0.15, 0.2) is 36.5 Å². The van der Waals surface area contributed by atoms with E-state index in [0.717, 1.165) is 11.0 Å². The van der Waals surface area contributed by atoms with E-state index in [2.05, 4.69) is 15.6 Å². The van der Waals surface area contributed by atoms with E-state index in [-0.39, 0.29) is 55.2 Å². The average molecular weight is 858 g/mol. The second kappa shape index (κ2) is 16.0. The lowest BCUT2D eigenvalue weighted by Gasteiger charge is -2.34. The number of alkyl carbamates (subject to hydrolysis) is 1. The minimum atomic E-state index is -4.95. The zero-order valence-electron chi connectivity index (χ0n) is 33.2. The third kappa shape index (κ3) is 8.77. The van der Waals surface area contributed by atoms with Gasteiger partial charge in [0.2, 0.25) is 33.3 Å². The van der Waals surface area contributed by atoms with E-state index in [1.807, 2.05) is 11.6 Å². The molecule has 4 amide bonds. The SMILES string of the molecule is COc1cc2ccnc(O[C@@H]3C[C@H]4C(=O)N[C@]5(C(=O)NS(=O)(=O)C6(CF)CC6)C[C@H]5/C=C\CC[C@H](C)C[C@@H](C)[C@H](NC(=O)OC(C)(C)C(F)(F)F)C(=O)N4C3)c2cc1F. The Kier molecular flexibility index (Phi) is 11.9. The molecular weight excluding hydrogens is 810 g/mol. The van der Waals surface area contributed by atoms with Crippen LogP contribution in [0.5, 0.6) is 11.6 Å². The highest BCUT2D eigenvalue weighted by Gasteiger charge is 2.64. The van der Waals surface area contributed by atoms with Gasteiger partial charge in [0.05, 0.1) is 13.7 Å². The van der Waals surface area contributed by atoms with E-state index in [0.29, 0.717) is 38.5 Å². The van der Waals surface area contributed by atoms with Crippen molar-refractivity contribution in [2.75, 3.05) is 20.3 Å². The number of methoxy groups -OCH3 is 1. The number of sulfonamides is 1. The number of nitrogens with zero attached hydrogens (tertiary/aromatic N) is 2. The van der Waals surface area contributed by atoms with Gasteiger partial charge in [-0.25, -0.2) is 27.0 Å². The molecule has 14 nitrogen and oxygen atoms in total. The summed E-state index contributed by atoms with van der Waals surface area (Å²) in [6.45, 7) is 3.27. The Hall–Kier alpha value is -4.75. The summed E-state index contributed by atoms with van der Waals surface area (Å²) in [6.07, 6.45) is -1.58. The quantitative estimate of drug-likeness (QED) is 0.229. The van der Waals surface area contributed by atoms with Crippen molar-refractivity contribution in [1.82, 2.24) is 25.2 Å². The molecule has 324 valence electrons. The maximum Gasteiger partial charge on any atom is 0.427 e. The van der Waals surface area contributed by atoms with Crippen molar-refractivity contribution >= 4 is 44.6 Å². The molecule has 4 aliphatic rings. The van der Waals surface area contributed by atoms with Gasteiger partial charge in [0.15, 0.2) is 11.6 Å². The number of hydrogen-bond acceptors (Lipinski definition) is 10. The predicted molar refractivity (Wildman–Crippen MR) is 202 cm³/mol. The molecule has 59 heavy (non-hydrogen) atoms. The van der Waals surface area contributed by atoms with Gasteiger partial charge in [0, 0.05) is 23.9 Å². The molecule has 3 heterocycles. The number of hydrogen-bond donors (Lipinski definition) is 3. The second-order valence-corrected chi connectivity index (χ2v) is 18.7. The summed E-state index contributed by atoms with van der Waals surface area (Å²) in [6, 6.07) is 1.18. The maximum atomic E-state index is 14.9. The Morgan fingerprint density at radius 2 is 1.83 bits per heavy atom. The summed E-state index contributed by atoms with van der Waals surface area (Å²) in [5, 5.41) is 5.71. The average Bonchev–Trinajstić information content (AvgIpc) is 4.06. The van der Waals surface area contributed by atoms with Gasteiger partial charge in [0.25, 0.3) is 5.91 Å². The number of rotatable bonds is 9. The Morgan fingerprint density at radius 3 is 2.47 bits per heavy atom. The fraction of sp³-hybridized carbons (Fsp3) is 0.615. The van der Waals surface area contributed by atoms with Gasteiger partial charge in [-0.05, 0) is 87.8 Å². The molecule has 2 aliphatic carbocycles. The molecule has 0 unspecified atom stereocenters. The summed E-state index contributed by atoms with van der Waals surface area (Å²) in [4.78, 5) is 61.5. The molecule has 2 saturated carbocycles. The van der Waals surface area contributed by atoms with Gasteiger partial charge in [0.1, 0.15) is 35.1 Å². The normalized spacial score (nSPS) is 29.2. The minimum absolute atomic E-state index is 0.00807. The number of carbonyl (C=O) groups excluding carboxylic acids is 4. The number of aromatic nitrogens is 1. The van der Waals surface area contributed by atoms with E-state index < -0.39 is 98.4 Å². The zero-order valence-corrected chi connectivity index (χ0v) is 34.0. The third-order valence-electron chi connectivity index (χ3n) is 11.8. The lowest BCUT2D eigenvalue weighted by Crippen LogP contribution is -2.60. The second-order valence-electron chi connectivity index (χ2n) is 16.7. The van der Waals surface area contributed by atoms with Gasteiger partial charge in [-0.15, -0.1) is 0 Å². The Morgan fingerprint density at radius 1 is 1.12 bits per heavy atom. The third-order valence-corrected chi connectivity index (χ3v) is 14.0. The van der Waals surface area contributed by atoms with Crippen LogP contribution in [0.2, 0.25) is 0 Å². The lowest BCUT2D eigenvalue weighted by molar-refractivity contribution is -0.244. The Bertz CT molecular complexity index is 2130. The molecule has 0 radical (unpaired) electrons. The number of alkyl halides is 4. The number of halogens is 5. The predicted octanol–water partition coefficient (Wildman–Crippen LogP) is 5.00. The van der Waals surface area contributed by atoms with Crippen molar-refractivity contribution in [3.8, 4) is 11.6 Å². The molecule has 0 spiro atoms. The first kappa shape index (κ1) is 43.8. The number of benzene rings is 1. The summed E-state index contributed by atoms with van der Waals surface area (Å²) in [5.74, 6) is -5.18. The van der Waals surface area contributed by atoms with Crippen LogP contribution in [-0.2, 0) is 29.1 Å². The molecule has 2 aliphatic heterocycles. The van der Waals surface area contributed by atoms with Gasteiger partial charge in [-0.1, -0.05) is 26.0 Å². The molecule has 2 aromatic rings. The molecule has 1 aromatic heterocycles. The monoisotopic (exact) mass is 857 g/mol. The molecule has 1 aromatic carbocycles. The fourth-order valence-electron chi connectivity index (χ4n) is 7.75. The minimum Gasteiger partial charge on any atom is -0.494 e. The molecule has 7 atom stereocenters. The van der Waals surface area contributed by atoms with Gasteiger partial charge in [-0.3, -0.25) is 19.1 Å². The van der Waals surface area contributed by atoms with Crippen LogP contribution in [0, 0.1) is 23.6 Å². The van der Waals surface area contributed by atoms with Crippen molar-refractivity contribution in [1.29, 1.82) is 0 Å². The summed E-state index contributed by atoms with van der Waals surface area (Å²) in [7, 11) is -3.19. The van der Waals surface area contributed by atoms with Crippen LogP contribution in [0.25, 0.3) is 10.8 Å². The lowest BCUT2D eigenvalue weighted by atomic mass is 9.88. The molecule has 0 bridgehead atoms. The number of carbonyl (C=O) groups is 4. The van der Waals surface area contributed by atoms with Crippen LogP contribution < -0.4 is 24.8 Å². The summed E-state index contributed by atoms with van der Waals surface area (Å²) in [5.41, 5.74) is -4.74. The number of amides is 4. The Balaban J connectivity index is 1.36. The molecule has 6 rings (SSSR count). The summed E-state index contributed by atoms with van der Waals surface area (Å²) < 4.78 is 112. The first-order valence-corrected chi connectivity index (χ1v) is 20.8. The highest BCUT2D eigenvalue weighted by molar-refractivity contribution is 7.91. The van der Waals surface area contributed by atoms with E-state index >= 15 is 0 Å². The first-order valence-electron chi connectivity index (χ1n) is 19.3. The summed E-state index contributed by atoms with van der Waals surface area (Å²) >= 11 is 0. The molecule has 20 heteroatoms. The van der Waals surface area contributed by atoms with E-state index in [4.69, 9.17) is 14.2 Å². The number of nitrogens with one attached hydrogen (secondary N) is 3. The van der Waals surface area contributed by atoms with Gasteiger partial charge >= 0.3 is 12.3 Å². The molecule has 3 fully saturated rings. The van der Waals surface area contributed by atoms with E-state index in [9.17, 15) is 49.5 Å². The molecule has 1 saturated heterocycles. The van der Waals surface area contributed by atoms with Gasteiger partial charge in [-0.2, -0.15) is 13.2 Å².